The number of amidine groups is 1. The van der Waals surface area contributed by atoms with Gasteiger partial charge in [0, 0.05) is 32.7 Å². The predicted molar refractivity (Wildman–Crippen MR) is 160 cm³/mol. The molecule has 0 aliphatic rings. The van der Waals surface area contributed by atoms with E-state index in [9.17, 15) is 24.3 Å². The van der Waals surface area contributed by atoms with Crippen LogP contribution in [-0.4, -0.2) is 42.0 Å². The minimum absolute atomic E-state index is 0.0253. The monoisotopic (exact) mass is 566 g/mol. The molecule has 0 saturated carbocycles. The van der Waals surface area contributed by atoms with Crippen LogP contribution < -0.4 is 31.2 Å². The van der Waals surface area contributed by atoms with E-state index >= 15 is 0 Å². The number of amides is 1. The van der Waals surface area contributed by atoms with Crippen molar-refractivity contribution in [2.24, 2.45) is 0 Å². The molecule has 0 fully saturated rings. The van der Waals surface area contributed by atoms with Crippen molar-refractivity contribution in [2.75, 3.05) is 24.9 Å². The Morgan fingerprint density at radius 1 is 0.786 bits per heavy atom. The molecule has 1 amide bonds. The fraction of sp³-hybridized carbons (Fsp3) is 0.129. The van der Waals surface area contributed by atoms with E-state index in [-0.39, 0.29) is 38.5 Å². The van der Waals surface area contributed by atoms with E-state index in [2.05, 4.69) is 15.6 Å². The van der Waals surface area contributed by atoms with Crippen LogP contribution in [0.25, 0.3) is 21.5 Å². The van der Waals surface area contributed by atoms with Crippen molar-refractivity contribution >= 4 is 50.6 Å². The first-order valence-electron chi connectivity index (χ1n) is 12.7. The summed E-state index contributed by atoms with van der Waals surface area (Å²) in [5.74, 6) is -1.78. The number of aryl methyl sites for hydroxylation is 2. The minimum atomic E-state index is -1.44. The normalized spacial score (nSPS) is 11.0. The molecule has 212 valence electrons. The van der Waals surface area contributed by atoms with E-state index in [4.69, 9.17) is 14.9 Å². The third-order valence-corrected chi connectivity index (χ3v) is 7.12. The molecule has 2 bridgehead atoms. The molecule has 6 rings (SSSR count). The van der Waals surface area contributed by atoms with E-state index in [1.165, 1.54) is 26.4 Å². The lowest BCUT2D eigenvalue weighted by Crippen LogP contribution is -2.21. The molecule has 5 N–H and O–H groups in total. The van der Waals surface area contributed by atoms with Crippen molar-refractivity contribution in [1.82, 2.24) is 4.98 Å². The third kappa shape index (κ3) is 4.56. The van der Waals surface area contributed by atoms with Crippen LogP contribution in [-0.2, 0) is 0 Å². The summed E-state index contributed by atoms with van der Waals surface area (Å²) in [6, 6.07) is 14.3. The number of anilines is 2. The third-order valence-electron chi connectivity index (χ3n) is 7.12. The van der Waals surface area contributed by atoms with E-state index < -0.39 is 28.6 Å². The Hall–Kier alpha value is -5.71. The van der Waals surface area contributed by atoms with Crippen molar-refractivity contribution in [3.05, 3.63) is 103 Å². The molecule has 2 heterocycles. The van der Waals surface area contributed by atoms with Crippen LogP contribution in [0.4, 0.5) is 11.4 Å². The zero-order valence-electron chi connectivity index (χ0n) is 23.1. The summed E-state index contributed by atoms with van der Waals surface area (Å²) in [6.45, 7) is 3.55. The number of carbonyl (C=O) groups is 2. The number of carboxylic acids is 1. The molecule has 0 spiro atoms. The minimum Gasteiger partial charge on any atom is -0.495 e. The average molecular weight is 567 g/mol. The molecule has 0 atom stereocenters. The zero-order valence-corrected chi connectivity index (χ0v) is 23.1. The van der Waals surface area contributed by atoms with Gasteiger partial charge in [0.05, 0.1) is 31.2 Å². The Balaban J connectivity index is 1.84. The van der Waals surface area contributed by atoms with Gasteiger partial charge in [-0.05, 0) is 55.3 Å². The number of hydrogen-bond acceptors (Lipinski definition) is 7. The topological polar surface area (TPSA) is 171 Å². The van der Waals surface area contributed by atoms with Crippen LogP contribution in [0, 0.1) is 19.3 Å². The number of nitrogens with one attached hydrogen (secondary N) is 4. The van der Waals surface area contributed by atoms with Gasteiger partial charge in [0.15, 0.2) is 0 Å². The van der Waals surface area contributed by atoms with Crippen molar-refractivity contribution < 1.29 is 24.2 Å². The highest BCUT2D eigenvalue weighted by Crippen LogP contribution is 2.36. The molecule has 0 radical (unpaired) electrons. The van der Waals surface area contributed by atoms with Gasteiger partial charge in [-0.25, -0.2) is 4.79 Å². The number of carbonyl (C=O) groups excluding carboxylic acids is 1. The van der Waals surface area contributed by atoms with Crippen molar-refractivity contribution in [3.63, 3.8) is 0 Å². The first kappa shape index (κ1) is 27.8. The number of carboxylic acid groups (broad SMARTS) is 1. The van der Waals surface area contributed by atoms with Gasteiger partial charge in [0.1, 0.15) is 17.3 Å². The lowest BCUT2D eigenvalue weighted by Gasteiger charge is -2.19. The van der Waals surface area contributed by atoms with Gasteiger partial charge in [-0.1, -0.05) is 24.3 Å². The van der Waals surface area contributed by atoms with Gasteiger partial charge in [-0.3, -0.25) is 24.8 Å². The van der Waals surface area contributed by atoms with E-state index in [0.29, 0.717) is 34.0 Å². The van der Waals surface area contributed by atoms with Gasteiger partial charge in [-0.15, -0.1) is 0 Å². The molecular weight excluding hydrogens is 540 g/mol. The van der Waals surface area contributed by atoms with Crippen LogP contribution in [0.2, 0.25) is 0 Å². The fourth-order valence-electron chi connectivity index (χ4n) is 5.10. The molecule has 4 aromatic carbocycles. The van der Waals surface area contributed by atoms with Gasteiger partial charge in [-0.2, -0.15) is 0 Å². The molecule has 11 nitrogen and oxygen atoms in total. The van der Waals surface area contributed by atoms with Crippen molar-refractivity contribution in [3.8, 4) is 11.5 Å². The molecule has 11 heteroatoms. The molecule has 2 aromatic heterocycles. The summed E-state index contributed by atoms with van der Waals surface area (Å²) < 4.78 is 10.8. The van der Waals surface area contributed by atoms with Crippen LogP contribution in [0.5, 0.6) is 11.5 Å². The maximum atomic E-state index is 13.8. The zero-order chi connectivity index (χ0) is 30.3. The Labute approximate surface area is 238 Å². The molecule has 0 saturated heterocycles. The number of rotatable bonds is 7. The number of methoxy groups -OCH3 is 2. The first-order valence-corrected chi connectivity index (χ1v) is 12.7. The SMILES string of the molecule is COc1cccc(C)c1NC(=N)c1c(C(=O)O)cc(C(=O)Nc2c(C)cccc2OC)c2c3ccc(c(=O)[nH]c3=O)c12. The number of aromatic nitrogens is 1. The van der Waals surface area contributed by atoms with Crippen LogP contribution >= 0.6 is 0 Å². The summed E-state index contributed by atoms with van der Waals surface area (Å²) >= 11 is 0. The molecule has 42 heavy (non-hydrogen) atoms. The summed E-state index contributed by atoms with van der Waals surface area (Å²) in [7, 11) is 2.91. The average Bonchev–Trinajstić information content (AvgIpc) is 3.17. The maximum Gasteiger partial charge on any atom is 0.336 e. The van der Waals surface area contributed by atoms with Gasteiger partial charge in [0.25, 0.3) is 17.0 Å². The molecule has 6 aromatic rings. The molecule has 0 aliphatic heterocycles. The first-order chi connectivity index (χ1) is 20.1. The van der Waals surface area contributed by atoms with Gasteiger partial charge >= 0.3 is 5.97 Å². The molecular formula is C31H26N4O7. The number of ether oxygens (including phenoxy) is 2. The van der Waals surface area contributed by atoms with E-state index in [0.717, 1.165) is 6.07 Å². The Morgan fingerprint density at radius 3 is 1.83 bits per heavy atom. The Kier molecular flexibility index (Phi) is 7.09. The highest BCUT2D eigenvalue weighted by atomic mass is 16.5. The maximum absolute atomic E-state index is 13.8. The second kappa shape index (κ2) is 10.7. The van der Waals surface area contributed by atoms with Crippen LogP contribution in [0.3, 0.4) is 0 Å². The summed E-state index contributed by atoms with van der Waals surface area (Å²) in [4.78, 5) is 55.0. The number of fused-ring (bicyclic) bond motifs is 3. The quantitative estimate of drug-likeness (QED) is 0.142. The van der Waals surface area contributed by atoms with Crippen LogP contribution in [0.1, 0.15) is 37.4 Å². The summed E-state index contributed by atoms with van der Waals surface area (Å²) in [5.41, 5.74) is -0.156. The lowest BCUT2D eigenvalue weighted by atomic mass is 9.90. The highest BCUT2D eigenvalue weighted by Gasteiger charge is 2.28. The fourth-order valence-corrected chi connectivity index (χ4v) is 5.10. The number of hydrogen-bond donors (Lipinski definition) is 5. The second-order valence-electron chi connectivity index (χ2n) is 9.60. The number of H-pyrrole nitrogens is 1. The predicted octanol–water partition coefficient (Wildman–Crippen LogP) is 4.50. The Morgan fingerprint density at radius 2 is 1.31 bits per heavy atom. The van der Waals surface area contributed by atoms with Gasteiger partial charge < -0.3 is 25.2 Å². The smallest absolute Gasteiger partial charge is 0.336 e. The Bertz CT molecular complexity index is 2050. The van der Waals surface area contributed by atoms with Crippen molar-refractivity contribution in [2.45, 2.75) is 13.8 Å². The largest absolute Gasteiger partial charge is 0.495 e. The molecule has 0 unspecified atom stereocenters. The van der Waals surface area contributed by atoms with Crippen LogP contribution in [0.15, 0.2) is 64.2 Å². The number of para-hydroxylation sites is 2. The molecule has 0 aliphatic carbocycles. The highest BCUT2D eigenvalue weighted by molar-refractivity contribution is 6.30. The van der Waals surface area contributed by atoms with Crippen molar-refractivity contribution in [1.29, 1.82) is 5.41 Å². The summed E-state index contributed by atoms with van der Waals surface area (Å²) in [6.07, 6.45) is 0. The standard InChI is InChI=1S/C31H26N4O7/c1-14-7-5-9-20(41-3)25(14)33-27(32)24-19(31(39)40)13-18(30(38)34-26-15(2)8-6-10-21(26)42-4)22-16-11-12-17(23(22)24)29(37)35-28(16)36/h5-13H,1-4H3,(H2,32,33)(H,34,38)(H,39,40)(H,35,36,37). The lowest BCUT2D eigenvalue weighted by molar-refractivity contribution is 0.0697. The number of aromatic carboxylic acids is 1. The van der Waals surface area contributed by atoms with E-state index in [1.807, 2.05) is 0 Å². The second-order valence-corrected chi connectivity index (χ2v) is 9.60. The number of aromatic amines is 1. The van der Waals surface area contributed by atoms with Gasteiger partial charge in [0.2, 0.25) is 0 Å². The summed E-state index contributed by atoms with van der Waals surface area (Å²) in [5, 5.41) is 24.9. The number of benzene rings is 4. The van der Waals surface area contributed by atoms with E-state index in [1.54, 1.807) is 50.2 Å².